The Kier molecular flexibility index (Phi) is 9.43. The average Bonchev–Trinajstić information content (AvgIpc) is 3.77. The smallest absolute Gasteiger partial charge is 0.312 e. The van der Waals surface area contributed by atoms with E-state index in [-0.39, 0.29) is 28.7 Å². The van der Waals surface area contributed by atoms with E-state index in [9.17, 15) is 9.59 Å². The summed E-state index contributed by atoms with van der Waals surface area (Å²) in [6.07, 6.45) is 2.81. The Bertz CT molecular complexity index is 2550. The Balaban J connectivity index is 0.000000169. The molecular weight excluding hydrogens is 697 g/mol. The number of fused-ring (bicyclic) bond motifs is 4. The Labute approximate surface area is 317 Å². The Morgan fingerprint density at radius 2 is 1.22 bits per heavy atom. The molecule has 0 saturated carbocycles. The van der Waals surface area contributed by atoms with Crippen LogP contribution in [0.2, 0.25) is 0 Å². The highest BCUT2D eigenvalue weighted by Crippen LogP contribution is 2.34. The van der Waals surface area contributed by atoms with Crippen molar-refractivity contribution in [2.45, 2.75) is 65.5 Å². The molecule has 2 amide bonds. The van der Waals surface area contributed by atoms with Crippen molar-refractivity contribution >= 4 is 57.5 Å². The maximum Gasteiger partial charge on any atom is 0.312 e. The van der Waals surface area contributed by atoms with Gasteiger partial charge in [0.05, 0.1) is 22.9 Å². The van der Waals surface area contributed by atoms with E-state index < -0.39 is 0 Å². The molecule has 6 heterocycles. The molecule has 280 valence electrons. The normalized spacial score (nSPS) is 14.1. The number of para-hydroxylation sites is 2. The second kappa shape index (κ2) is 14.2. The van der Waals surface area contributed by atoms with Gasteiger partial charge >= 0.3 is 5.82 Å². The fourth-order valence-electron chi connectivity index (χ4n) is 6.58. The highest BCUT2D eigenvalue weighted by atomic mass is 16.4. The molecular formula is C40H42N12O3. The van der Waals surface area contributed by atoms with Crippen LogP contribution in [0.25, 0.3) is 49.4 Å². The van der Waals surface area contributed by atoms with Gasteiger partial charge in [0.25, 0.3) is 11.8 Å². The molecule has 15 nitrogen and oxygen atoms in total. The van der Waals surface area contributed by atoms with Crippen LogP contribution < -0.4 is 21.3 Å². The number of nitrogens with one attached hydrogen (secondary N) is 6. The summed E-state index contributed by atoms with van der Waals surface area (Å²) in [5.41, 5.74) is 9.23. The maximum atomic E-state index is 12.1. The highest BCUT2D eigenvalue weighted by Gasteiger charge is 2.24. The third-order valence-electron chi connectivity index (χ3n) is 8.86. The Morgan fingerprint density at radius 3 is 1.69 bits per heavy atom. The molecule has 0 saturated heterocycles. The molecule has 2 aliphatic rings. The van der Waals surface area contributed by atoms with Crippen molar-refractivity contribution in [1.82, 2.24) is 40.5 Å². The number of benzene rings is 2. The van der Waals surface area contributed by atoms with Crippen LogP contribution in [0.1, 0.15) is 79.3 Å². The first-order valence-corrected chi connectivity index (χ1v) is 17.9. The summed E-state index contributed by atoms with van der Waals surface area (Å²) in [6.45, 7) is 20.8. The zero-order chi connectivity index (χ0) is 39.1. The van der Waals surface area contributed by atoms with Gasteiger partial charge in [-0.15, -0.1) is 4.98 Å². The van der Waals surface area contributed by atoms with Crippen molar-refractivity contribution in [2.75, 3.05) is 23.7 Å². The van der Waals surface area contributed by atoms with E-state index in [0.717, 1.165) is 46.7 Å². The molecule has 4 aromatic heterocycles. The summed E-state index contributed by atoms with van der Waals surface area (Å²) in [5.74, 6) is 1.12. The number of rotatable bonds is 5. The van der Waals surface area contributed by atoms with Gasteiger partial charge in [-0.25, -0.2) is 15.0 Å². The van der Waals surface area contributed by atoms with Crippen molar-refractivity contribution in [3.63, 3.8) is 0 Å². The highest BCUT2D eigenvalue weighted by molar-refractivity contribution is 6.01. The van der Waals surface area contributed by atoms with E-state index in [1.165, 1.54) is 6.21 Å². The number of anilines is 2. The SMILES string of the molecule is CC(C)(C)Nc1nc2c(-c3cc4c([nH]3)CCNC4=O)cccc2nc1/C=N/O.[C-]#[N+]c1nc2cccc(-c3cc4c([nH]3)CCNC4=O)c2nc1NC(C)(C)C. The number of hydrogen-bond donors (Lipinski definition) is 7. The number of aromatic amines is 2. The van der Waals surface area contributed by atoms with Crippen molar-refractivity contribution in [3.05, 3.63) is 88.2 Å². The van der Waals surface area contributed by atoms with Gasteiger partial charge in [-0.2, -0.15) is 0 Å². The first-order valence-electron chi connectivity index (χ1n) is 17.9. The molecule has 0 atom stereocenters. The number of H-pyrrole nitrogens is 2. The third kappa shape index (κ3) is 7.65. The van der Waals surface area contributed by atoms with E-state index in [0.29, 0.717) is 63.6 Å². The van der Waals surface area contributed by atoms with Gasteiger partial charge in [0.1, 0.15) is 16.7 Å². The summed E-state index contributed by atoms with van der Waals surface area (Å²) >= 11 is 0. The Hall–Kier alpha value is -6.82. The number of nitrogens with zero attached hydrogens (tertiary/aromatic N) is 6. The summed E-state index contributed by atoms with van der Waals surface area (Å²) in [4.78, 5) is 53.0. The molecule has 55 heavy (non-hydrogen) atoms. The maximum absolute atomic E-state index is 12.1. The van der Waals surface area contributed by atoms with Gasteiger partial charge in [0, 0.05) is 70.9 Å². The molecule has 7 N–H and O–H groups in total. The minimum Gasteiger partial charge on any atom is -0.411 e. The van der Waals surface area contributed by atoms with E-state index in [1.54, 1.807) is 0 Å². The number of aromatic nitrogens is 6. The molecule has 0 unspecified atom stereocenters. The predicted molar refractivity (Wildman–Crippen MR) is 213 cm³/mol. The lowest BCUT2D eigenvalue weighted by Crippen LogP contribution is -2.31. The largest absolute Gasteiger partial charge is 0.411 e. The van der Waals surface area contributed by atoms with Gasteiger partial charge in [0.15, 0.2) is 17.2 Å². The van der Waals surface area contributed by atoms with Crippen molar-refractivity contribution in [1.29, 1.82) is 0 Å². The first kappa shape index (κ1) is 36.5. The lowest BCUT2D eigenvalue weighted by atomic mass is 10.1. The third-order valence-corrected chi connectivity index (χ3v) is 8.86. The second-order valence-electron chi connectivity index (χ2n) is 15.5. The summed E-state index contributed by atoms with van der Waals surface area (Å²) in [5, 5.41) is 24.4. The molecule has 6 aromatic rings. The number of amides is 2. The lowest BCUT2D eigenvalue weighted by Gasteiger charge is -2.22. The number of hydrogen-bond acceptors (Lipinski definition) is 10. The molecule has 0 radical (unpaired) electrons. The standard InChI is InChI=1S/C20H22N6O2.C20H20N6O/c1-20(2,3)26-18-16(10-22-28)24-14-6-4-5-11(17(14)25-18)15-9-12-13(23-15)7-8-21-19(12)27;1-20(2,3)26-18-17(21-4)24-14-7-5-6-11(16(14)25-18)15-10-12-13(23-15)8-9-22-19(12)27/h4-6,9-10,23,28H,7-8H2,1-3H3,(H,21,27)(H,25,26);5-7,10,23H,8-9H2,1-3H3,(H,22,27)(H,25,26)/b22-10+;. The lowest BCUT2D eigenvalue weighted by molar-refractivity contribution is 0.0937. The van der Waals surface area contributed by atoms with Crippen LogP contribution in [0.5, 0.6) is 0 Å². The topological polar surface area (TPSA) is 202 Å². The summed E-state index contributed by atoms with van der Waals surface area (Å²) < 4.78 is 0. The molecule has 2 aliphatic heterocycles. The zero-order valence-corrected chi connectivity index (χ0v) is 31.5. The van der Waals surface area contributed by atoms with Crippen LogP contribution in [0, 0.1) is 6.57 Å². The van der Waals surface area contributed by atoms with Crippen LogP contribution in [-0.2, 0) is 12.8 Å². The molecule has 8 rings (SSSR count). The second-order valence-corrected chi connectivity index (χ2v) is 15.5. The van der Waals surface area contributed by atoms with Crippen LogP contribution >= 0.6 is 0 Å². The summed E-state index contributed by atoms with van der Waals surface area (Å²) in [6, 6.07) is 15.1. The van der Waals surface area contributed by atoms with Crippen LogP contribution in [0.3, 0.4) is 0 Å². The fourth-order valence-corrected chi connectivity index (χ4v) is 6.58. The van der Waals surface area contributed by atoms with Crippen LogP contribution in [0.15, 0.2) is 53.7 Å². The zero-order valence-electron chi connectivity index (χ0n) is 31.5. The average molecular weight is 739 g/mol. The predicted octanol–water partition coefficient (Wildman–Crippen LogP) is 6.60. The minimum atomic E-state index is -0.251. The van der Waals surface area contributed by atoms with E-state index in [4.69, 9.17) is 21.7 Å². The van der Waals surface area contributed by atoms with Crippen LogP contribution in [0.4, 0.5) is 17.5 Å². The summed E-state index contributed by atoms with van der Waals surface area (Å²) in [7, 11) is 0. The van der Waals surface area contributed by atoms with E-state index >= 15 is 0 Å². The van der Waals surface area contributed by atoms with Gasteiger partial charge in [0.2, 0.25) is 0 Å². The fraction of sp³-hybridized carbons (Fsp3) is 0.300. The quantitative estimate of drug-likeness (QED) is 0.0440. The number of carbonyl (C=O) groups excluding carboxylic acids is 2. The van der Waals surface area contributed by atoms with Crippen LogP contribution in [-0.4, -0.2) is 77.3 Å². The van der Waals surface area contributed by atoms with E-state index in [1.807, 2.05) is 90.1 Å². The molecule has 0 bridgehead atoms. The van der Waals surface area contributed by atoms with Gasteiger partial charge < -0.3 is 41.3 Å². The van der Waals surface area contributed by atoms with Crippen molar-refractivity contribution < 1.29 is 14.8 Å². The first-order chi connectivity index (χ1) is 26.2. The molecule has 2 aromatic carbocycles. The molecule has 0 spiro atoms. The van der Waals surface area contributed by atoms with Crippen molar-refractivity contribution in [3.8, 4) is 22.5 Å². The van der Waals surface area contributed by atoms with E-state index in [2.05, 4.69) is 51.2 Å². The monoisotopic (exact) mass is 738 g/mol. The molecule has 0 aliphatic carbocycles. The minimum absolute atomic E-state index is 0.0598. The van der Waals surface area contributed by atoms with Gasteiger partial charge in [-0.1, -0.05) is 36.0 Å². The Morgan fingerprint density at radius 1 is 0.727 bits per heavy atom. The molecule has 0 fully saturated rings. The van der Waals surface area contributed by atoms with Crippen molar-refractivity contribution in [2.24, 2.45) is 5.16 Å². The van der Waals surface area contributed by atoms with Gasteiger partial charge in [-0.05, 0) is 65.8 Å². The number of oxime groups is 1. The van der Waals surface area contributed by atoms with Gasteiger partial charge in [-0.3, -0.25) is 9.59 Å². The number of carbonyl (C=O) groups is 2. The molecule has 15 heteroatoms.